The number of ether oxygens (including phenoxy) is 1. The Balaban J connectivity index is 2.10. The zero-order valence-corrected chi connectivity index (χ0v) is 12.2. The van der Waals surface area contributed by atoms with Crippen molar-refractivity contribution < 1.29 is 4.74 Å². The third kappa shape index (κ3) is 3.87. The van der Waals surface area contributed by atoms with Crippen molar-refractivity contribution in [3.63, 3.8) is 0 Å². The Kier molecular flexibility index (Phi) is 5.52. The minimum Gasteiger partial charge on any atom is -0.381 e. The molecule has 1 unspecified atom stereocenters. The molecule has 1 fully saturated rings. The highest BCUT2D eigenvalue weighted by molar-refractivity contribution is 5.70. The predicted octanol–water partition coefficient (Wildman–Crippen LogP) is 3.51. The van der Waals surface area contributed by atoms with Gasteiger partial charge in [-0.1, -0.05) is 32.4 Å². The van der Waals surface area contributed by atoms with Gasteiger partial charge in [-0.15, -0.1) is 0 Å². The second-order valence-corrected chi connectivity index (χ2v) is 5.15. The van der Waals surface area contributed by atoms with Gasteiger partial charge in [0.05, 0.1) is 24.6 Å². The molecule has 2 rings (SSSR count). The number of rotatable bonds is 6. The van der Waals surface area contributed by atoms with Gasteiger partial charge in [0.2, 0.25) is 0 Å². The maximum atomic E-state index is 5.44. The minimum atomic E-state index is 0.576. The van der Waals surface area contributed by atoms with Crippen LogP contribution in [0.2, 0.25) is 0 Å². The fourth-order valence-corrected chi connectivity index (χ4v) is 2.62. The molecular weight excluding hydrogens is 236 g/mol. The topological polar surface area (TPSA) is 24.5 Å². The molecule has 1 aliphatic heterocycles. The normalized spacial score (nSPS) is 17.3. The molecule has 1 N–H and O–H groups in total. The lowest BCUT2D eigenvalue weighted by Crippen LogP contribution is -2.36. The van der Waals surface area contributed by atoms with Crippen molar-refractivity contribution in [2.45, 2.75) is 39.2 Å². The summed E-state index contributed by atoms with van der Waals surface area (Å²) in [5, 5.41) is 3.71. The number of benzene rings is 1. The van der Waals surface area contributed by atoms with Gasteiger partial charge in [0.15, 0.2) is 0 Å². The molecule has 19 heavy (non-hydrogen) atoms. The summed E-state index contributed by atoms with van der Waals surface area (Å²) in [7, 11) is 0. The molecule has 1 aromatic carbocycles. The van der Waals surface area contributed by atoms with Crippen LogP contribution in [0.25, 0.3) is 0 Å². The zero-order chi connectivity index (χ0) is 13.5. The van der Waals surface area contributed by atoms with E-state index in [0.29, 0.717) is 6.04 Å². The van der Waals surface area contributed by atoms with Gasteiger partial charge in [-0.25, -0.2) is 0 Å². The molecule has 0 aliphatic carbocycles. The van der Waals surface area contributed by atoms with Gasteiger partial charge >= 0.3 is 0 Å². The number of nitrogens with zero attached hydrogens (tertiary/aromatic N) is 1. The molecule has 0 radical (unpaired) electrons. The molecule has 1 aliphatic rings. The average molecular weight is 262 g/mol. The molecule has 3 heteroatoms. The van der Waals surface area contributed by atoms with Gasteiger partial charge in [-0.2, -0.15) is 0 Å². The molecule has 1 saturated heterocycles. The van der Waals surface area contributed by atoms with Crippen LogP contribution >= 0.6 is 0 Å². The van der Waals surface area contributed by atoms with Crippen molar-refractivity contribution in [1.29, 1.82) is 0 Å². The largest absolute Gasteiger partial charge is 0.381 e. The number of anilines is 2. The second-order valence-electron chi connectivity index (χ2n) is 5.15. The third-order valence-electron chi connectivity index (χ3n) is 3.75. The highest BCUT2D eigenvalue weighted by atomic mass is 16.5. The molecule has 0 bridgehead atoms. The molecule has 1 heterocycles. The van der Waals surface area contributed by atoms with Crippen molar-refractivity contribution in [2.75, 3.05) is 36.5 Å². The van der Waals surface area contributed by atoms with Crippen molar-refractivity contribution in [3.05, 3.63) is 24.3 Å². The number of morpholine rings is 1. The van der Waals surface area contributed by atoms with Crippen molar-refractivity contribution >= 4 is 11.4 Å². The SMILES string of the molecule is CCCC(CC)Nc1ccccc1N1CCOCC1. The van der Waals surface area contributed by atoms with E-state index in [0.717, 1.165) is 26.3 Å². The Hall–Kier alpha value is -1.22. The first-order valence-electron chi connectivity index (χ1n) is 7.53. The van der Waals surface area contributed by atoms with Gasteiger partial charge in [-0.05, 0) is 25.0 Å². The van der Waals surface area contributed by atoms with Crippen molar-refractivity contribution in [3.8, 4) is 0 Å². The fourth-order valence-electron chi connectivity index (χ4n) is 2.62. The maximum Gasteiger partial charge on any atom is 0.0642 e. The molecule has 0 saturated carbocycles. The zero-order valence-electron chi connectivity index (χ0n) is 12.2. The molecule has 106 valence electrons. The fraction of sp³-hybridized carbons (Fsp3) is 0.625. The number of nitrogens with one attached hydrogen (secondary N) is 1. The molecular formula is C16H26N2O. The summed E-state index contributed by atoms with van der Waals surface area (Å²) in [6, 6.07) is 9.23. The quantitative estimate of drug-likeness (QED) is 0.849. The van der Waals surface area contributed by atoms with Crippen LogP contribution in [0.3, 0.4) is 0 Å². The molecule has 3 nitrogen and oxygen atoms in total. The molecule has 0 spiro atoms. The summed E-state index contributed by atoms with van der Waals surface area (Å²) in [6.45, 7) is 8.15. The van der Waals surface area contributed by atoms with Gasteiger partial charge < -0.3 is 15.0 Å². The van der Waals surface area contributed by atoms with Gasteiger partial charge in [0.1, 0.15) is 0 Å². The monoisotopic (exact) mass is 262 g/mol. The lowest BCUT2D eigenvalue weighted by molar-refractivity contribution is 0.123. The minimum absolute atomic E-state index is 0.576. The van der Waals surface area contributed by atoms with E-state index in [-0.39, 0.29) is 0 Å². The van der Waals surface area contributed by atoms with E-state index < -0.39 is 0 Å². The summed E-state index contributed by atoms with van der Waals surface area (Å²) in [5.74, 6) is 0. The predicted molar refractivity (Wildman–Crippen MR) is 82.1 cm³/mol. The third-order valence-corrected chi connectivity index (χ3v) is 3.75. The van der Waals surface area contributed by atoms with E-state index in [2.05, 4.69) is 48.3 Å². The van der Waals surface area contributed by atoms with Gasteiger partial charge in [0, 0.05) is 19.1 Å². The Morgan fingerprint density at radius 1 is 1.21 bits per heavy atom. The Morgan fingerprint density at radius 3 is 2.63 bits per heavy atom. The molecule has 0 amide bonds. The molecule has 1 aromatic rings. The average Bonchev–Trinajstić information content (AvgIpc) is 2.48. The summed E-state index contributed by atoms with van der Waals surface area (Å²) in [6.07, 6.45) is 3.63. The highest BCUT2D eigenvalue weighted by Crippen LogP contribution is 2.27. The number of para-hydroxylation sites is 2. The smallest absolute Gasteiger partial charge is 0.0642 e. The number of hydrogen-bond acceptors (Lipinski definition) is 3. The Morgan fingerprint density at radius 2 is 1.95 bits per heavy atom. The summed E-state index contributed by atoms with van der Waals surface area (Å²) in [4.78, 5) is 2.42. The van der Waals surface area contributed by atoms with E-state index in [1.54, 1.807) is 0 Å². The van der Waals surface area contributed by atoms with Crippen LogP contribution in [0, 0.1) is 0 Å². The Labute approximate surface area is 116 Å². The van der Waals surface area contributed by atoms with Crippen LogP contribution in [0.15, 0.2) is 24.3 Å². The summed E-state index contributed by atoms with van der Waals surface area (Å²) < 4.78 is 5.44. The lowest BCUT2D eigenvalue weighted by atomic mass is 10.1. The highest BCUT2D eigenvalue weighted by Gasteiger charge is 2.15. The maximum absolute atomic E-state index is 5.44. The van der Waals surface area contributed by atoms with Crippen LogP contribution < -0.4 is 10.2 Å². The van der Waals surface area contributed by atoms with Crippen molar-refractivity contribution in [2.24, 2.45) is 0 Å². The first kappa shape index (κ1) is 14.2. The van der Waals surface area contributed by atoms with Crippen LogP contribution in [0.1, 0.15) is 33.1 Å². The Bertz CT molecular complexity index is 375. The second kappa shape index (κ2) is 7.39. The summed E-state index contributed by atoms with van der Waals surface area (Å²) >= 11 is 0. The molecule has 1 atom stereocenters. The van der Waals surface area contributed by atoms with E-state index in [1.807, 2.05) is 0 Å². The van der Waals surface area contributed by atoms with Crippen LogP contribution in [0.4, 0.5) is 11.4 Å². The standard InChI is InChI=1S/C16H26N2O/c1-3-7-14(4-2)17-15-8-5-6-9-16(15)18-10-12-19-13-11-18/h5-6,8-9,14,17H,3-4,7,10-13H2,1-2H3. The van der Waals surface area contributed by atoms with Crippen LogP contribution in [-0.2, 0) is 4.74 Å². The van der Waals surface area contributed by atoms with E-state index in [4.69, 9.17) is 4.74 Å². The van der Waals surface area contributed by atoms with Crippen molar-refractivity contribution in [1.82, 2.24) is 0 Å². The number of hydrogen-bond donors (Lipinski definition) is 1. The van der Waals surface area contributed by atoms with E-state index >= 15 is 0 Å². The van der Waals surface area contributed by atoms with E-state index in [9.17, 15) is 0 Å². The summed E-state index contributed by atoms with van der Waals surface area (Å²) in [5.41, 5.74) is 2.59. The lowest BCUT2D eigenvalue weighted by Gasteiger charge is -2.31. The first-order valence-corrected chi connectivity index (χ1v) is 7.53. The van der Waals surface area contributed by atoms with Gasteiger partial charge in [0.25, 0.3) is 0 Å². The van der Waals surface area contributed by atoms with Crippen LogP contribution in [-0.4, -0.2) is 32.3 Å². The molecule has 0 aromatic heterocycles. The first-order chi connectivity index (χ1) is 9.35. The van der Waals surface area contributed by atoms with Gasteiger partial charge in [-0.3, -0.25) is 0 Å². The van der Waals surface area contributed by atoms with E-state index in [1.165, 1.54) is 30.6 Å². The van der Waals surface area contributed by atoms with Crippen LogP contribution in [0.5, 0.6) is 0 Å².